The molecule has 0 saturated carbocycles. The number of anilines is 1. The lowest BCUT2D eigenvalue weighted by Crippen LogP contribution is -2.46. The summed E-state index contributed by atoms with van der Waals surface area (Å²) in [6.07, 6.45) is 2.96. The maximum atomic E-state index is 4.69. The topological polar surface area (TPSA) is 47.0 Å². The number of aromatic nitrogens is 1. The van der Waals surface area contributed by atoms with Crippen LogP contribution in [0, 0.1) is 0 Å². The van der Waals surface area contributed by atoms with Crippen molar-refractivity contribution in [1.82, 2.24) is 20.1 Å². The highest BCUT2D eigenvalue weighted by molar-refractivity contribution is 5.80. The highest BCUT2D eigenvalue weighted by Crippen LogP contribution is 2.20. The summed E-state index contributed by atoms with van der Waals surface area (Å²) < 4.78 is 0. The molecule has 3 heterocycles. The Kier molecular flexibility index (Phi) is 5.76. The zero-order chi connectivity index (χ0) is 19.3. The summed E-state index contributed by atoms with van der Waals surface area (Å²) in [6.45, 7) is 6.86. The number of aliphatic imine (C=N–C) groups is 1. The highest BCUT2D eigenvalue weighted by Gasteiger charge is 2.20. The fourth-order valence-electron chi connectivity index (χ4n) is 4.05. The van der Waals surface area contributed by atoms with E-state index >= 15 is 0 Å². The van der Waals surface area contributed by atoms with Gasteiger partial charge in [0.2, 0.25) is 0 Å². The van der Waals surface area contributed by atoms with Gasteiger partial charge in [0.25, 0.3) is 0 Å². The molecule has 0 radical (unpaired) electrons. The lowest BCUT2D eigenvalue weighted by molar-refractivity contribution is 0.311. The number of fused-ring (bicyclic) bond motifs is 1. The molecule has 2 aromatic rings. The third-order valence-corrected chi connectivity index (χ3v) is 5.75. The first-order chi connectivity index (χ1) is 13.7. The van der Waals surface area contributed by atoms with Crippen molar-refractivity contribution in [3.8, 4) is 0 Å². The number of guanidine groups is 1. The van der Waals surface area contributed by atoms with Crippen LogP contribution in [-0.2, 0) is 19.5 Å². The fraction of sp³-hybridized carbons (Fsp3) is 0.455. The van der Waals surface area contributed by atoms with Crippen LogP contribution in [0.4, 0.5) is 5.82 Å². The number of likely N-dealkylation sites (N-methyl/N-ethyl adjacent to an activating group) is 1. The molecule has 2 aliphatic heterocycles. The van der Waals surface area contributed by atoms with E-state index in [0.717, 1.165) is 64.0 Å². The molecule has 1 aromatic heterocycles. The van der Waals surface area contributed by atoms with E-state index in [1.807, 2.05) is 19.3 Å². The molecule has 148 valence electrons. The second-order valence-corrected chi connectivity index (χ2v) is 7.62. The average Bonchev–Trinajstić information content (AvgIpc) is 2.75. The number of nitrogens with zero attached hydrogens (tertiary/aromatic N) is 5. The average molecular weight is 379 g/mol. The van der Waals surface area contributed by atoms with Gasteiger partial charge in [0.05, 0.1) is 0 Å². The molecule has 4 rings (SSSR count). The van der Waals surface area contributed by atoms with Crippen LogP contribution in [0.25, 0.3) is 0 Å². The first kappa shape index (κ1) is 18.7. The molecule has 0 unspecified atom stereocenters. The number of nitrogens with one attached hydrogen (secondary N) is 1. The Bertz CT molecular complexity index is 825. The van der Waals surface area contributed by atoms with E-state index in [2.05, 4.69) is 67.4 Å². The van der Waals surface area contributed by atoms with Crippen LogP contribution in [0.1, 0.15) is 16.7 Å². The predicted molar refractivity (Wildman–Crippen MR) is 115 cm³/mol. The zero-order valence-electron chi connectivity index (χ0n) is 16.9. The smallest absolute Gasteiger partial charge is 0.194 e. The van der Waals surface area contributed by atoms with E-state index in [9.17, 15) is 0 Å². The van der Waals surface area contributed by atoms with Gasteiger partial charge in [-0.05, 0) is 30.7 Å². The molecule has 28 heavy (non-hydrogen) atoms. The van der Waals surface area contributed by atoms with Crippen molar-refractivity contribution in [3.05, 3.63) is 59.3 Å². The molecule has 0 aliphatic carbocycles. The summed E-state index contributed by atoms with van der Waals surface area (Å²) in [5.74, 6) is 2.06. The fourth-order valence-corrected chi connectivity index (χ4v) is 4.05. The van der Waals surface area contributed by atoms with E-state index in [1.54, 1.807) is 0 Å². The van der Waals surface area contributed by atoms with Crippen LogP contribution in [0.2, 0.25) is 0 Å². The van der Waals surface area contributed by atoms with Crippen LogP contribution >= 0.6 is 0 Å². The summed E-state index contributed by atoms with van der Waals surface area (Å²) in [5.41, 5.74) is 4.08. The number of hydrogen-bond donors (Lipinski definition) is 1. The molecular weight excluding hydrogens is 348 g/mol. The first-order valence-electron chi connectivity index (χ1n) is 10.1. The van der Waals surface area contributed by atoms with Gasteiger partial charge in [-0.1, -0.05) is 30.3 Å². The monoisotopic (exact) mass is 378 g/mol. The third kappa shape index (κ3) is 4.12. The molecule has 0 bridgehead atoms. The van der Waals surface area contributed by atoms with E-state index in [-0.39, 0.29) is 0 Å². The van der Waals surface area contributed by atoms with Crippen molar-refractivity contribution < 1.29 is 0 Å². The highest BCUT2D eigenvalue weighted by atomic mass is 15.3. The van der Waals surface area contributed by atoms with E-state index in [0.29, 0.717) is 0 Å². The third-order valence-electron chi connectivity index (χ3n) is 5.75. The van der Waals surface area contributed by atoms with E-state index in [1.165, 1.54) is 16.7 Å². The number of benzene rings is 1. The zero-order valence-corrected chi connectivity index (χ0v) is 16.9. The van der Waals surface area contributed by atoms with Gasteiger partial charge in [-0.15, -0.1) is 0 Å². The molecule has 0 spiro atoms. The van der Waals surface area contributed by atoms with Crippen molar-refractivity contribution in [1.29, 1.82) is 0 Å². The molecule has 0 atom stereocenters. The summed E-state index contributed by atoms with van der Waals surface area (Å²) >= 11 is 0. The van der Waals surface area contributed by atoms with Crippen molar-refractivity contribution in [3.63, 3.8) is 0 Å². The number of hydrogen-bond acceptors (Lipinski definition) is 4. The van der Waals surface area contributed by atoms with Crippen LogP contribution < -0.4 is 10.2 Å². The lowest BCUT2D eigenvalue weighted by Gasteiger charge is -2.34. The Balaban J connectivity index is 1.43. The molecule has 6 nitrogen and oxygen atoms in total. The summed E-state index contributed by atoms with van der Waals surface area (Å²) in [5, 5.41) is 3.57. The lowest BCUT2D eigenvalue weighted by atomic mass is 10.0. The number of pyridine rings is 1. The van der Waals surface area contributed by atoms with Gasteiger partial charge in [0.15, 0.2) is 5.96 Å². The van der Waals surface area contributed by atoms with E-state index < -0.39 is 0 Å². The van der Waals surface area contributed by atoms with Crippen molar-refractivity contribution in [2.24, 2.45) is 4.99 Å². The molecular formula is C22H30N6. The molecule has 0 amide bonds. The molecule has 1 fully saturated rings. The number of piperazine rings is 1. The van der Waals surface area contributed by atoms with Gasteiger partial charge in [-0.2, -0.15) is 0 Å². The van der Waals surface area contributed by atoms with Crippen molar-refractivity contribution >= 4 is 11.8 Å². The standard InChI is InChI=1S/C22H30N6/c1-23-22(28-11-9-18-6-3-4-7-20(18)17-28)25-16-19-8-5-10-24-21(19)27-14-12-26(2)13-15-27/h3-8,10H,9,11-17H2,1-2H3,(H,23,25). The first-order valence-corrected chi connectivity index (χ1v) is 10.1. The van der Waals surface area contributed by atoms with Gasteiger partial charge in [0.1, 0.15) is 5.82 Å². The minimum Gasteiger partial charge on any atom is -0.354 e. The van der Waals surface area contributed by atoms with Crippen LogP contribution in [0.5, 0.6) is 0 Å². The SMILES string of the molecule is CN=C(NCc1cccnc1N1CCN(C)CC1)N1CCc2ccccc2C1. The maximum absolute atomic E-state index is 4.69. The molecule has 1 saturated heterocycles. The normalized spacial score (nSPS) is 18.1. The van der Waals surface area contributed by atoms with Gasteiger partial charge in [0, 0.05) is 64.6 Å². The minimum absolute atomic E-state index is 0.736. The van der Waals surface area contributed by atoms with Gasteiger partial charge < -0.3 is 20.0 Å². The predicted octanol–water partition coefficient (Wildman–Crippen LogP) is 1.97. The van der Waals surface area contributed by atoms with Gasteiger partial charge in [-0.25, -0.2) is 4.98 Å². The van der Waals surface area contributed by atoms with Gasteiger partial charge >= 0.3 is 0 Å². The Morgan fingerprint density at radius 3 is 2.61 bits per heavy atom. The van der Waals surface area contributed by atoms with Crippen LogP contribution in [0.3, 0.4) is 0 Å². The second kappa shape index (κ2) is 8.61. The Morgan fingerprint density at radius 1 is 1.04 bits per heavy atom. The van der Waals surface area contributed by atoms with Crippen molar-refractivity contribution in [2.75, 3.05) is 51.7 Å². The summed E-state index contributed by atoms with van der Waals surface area (Å²) in [7, 11) is 4.05. The summed E-state index contributed by atoms with van der Waals surface area (Å²) in [6, 6.07) is 12.9. The van der Waals surface area contributed by atoms with Crippen molar-refractivity contribution in [2.45, 2.75) is 19.5 Å². The molecule has 2 aliphatic rings. The van der Waals surface area contributed by atoms with E-state index in [4.69, 9.17) is 0 Å². The van der Waals surface area contributed by atoms with Crippen LogP contribution in [-0.4, -0.2) is 67.6 Å². The maximum Gasteiger partial charge on any atom is 0.194 e. The second-order valence-electron chi connectivity index (χ2n) is 7.62. The van der Waals surface area contributed by atoms with Gasteiger partial charge in [-0.3, -0.25) is 4.99 Å². The molecule has 1 N–H and O–H groups in total. The Morgan fingerprint density at radius 2 is 1.82 bits per heavy atom. The Labute approximate surface area is 167 Å². The van der Waals surface area contributed by atoms with Crippen LogP contribution in [0.15, 0.2) is 47.6 Å². The quantitative estimate of drug-likeness (QED) is 0.654. The molecule has 6 heteroatoms. The Hall–Kier alpha value is -2.60. The summed E-state index contributed by atoms with van der Waals surface area (Å²) in [4.78, 5) is 16.3. The number of rotatable bonds is 3. The molecule has 1 aromatic carbocycles. The largest absolute Gasteiger partial charge is 0.354 e. The minimum atomic E-state index is 0.736.